The van der Waals surface area contributed by atoms with E-state index in [1.165, 1.54) is 12.1 Å². The molecule has 0 spiro atoms. The molecule has 20 heavy (non-hydrogen) atoms. The van der Waals surface area contributed by atoms with Crippen LogP contribution in [0.2, 0.25) is 0 Å². The fraction of sp³-hybridized carbons (Fsp3) is 0. The molecule has 0 radical (unpaired) electrons. The summed E-state index contributed by atoms with van der Waals surface area (Å²) in [6.07, 6.45) is 0. The Balaban J connectivity index is 0.00000200. The van der Waals surface area contributed by atoms with Gasteiger partial charge in [-0.2, -0.15) is 16.8 Å². The summed E-state index contributed by atoms with van der Waals surface area (Å²) in [7, 11) is -9.34. The first kappa shape index (κ1) is 18.0. The standard InChI is InChI=1S/C10H8O7S2.K.H/c11-7-2-1-6-3-8(18(12,13)14)5-10(9(6)4-7)19(15,16)17;;/h1-5,11H,(H,12,13,14)(H,15,16,17);;/q;+1;-1. The van der Waals surface area contributed by atoms with Gasteiger partial charge >= 0.3 is 51.4 Å². The van der Waals surface area contributed by atoms with Crippen molar-refractivity contribution in [3.05, 3.63) is 30.3 Å². The zero-order valence-corrected chi connectivity index (χ0v) is 14.9. The van der Waals surface area contributed by atoms with Crippen molar-refractivity contribution < 1.29 is 83.9 Å². The fourth-order valence-electron chi connectivity index (χ4n) is 1.65. The molecule has 0 unspecified atom stereocenters. The molecule has 2 aromatic rings. The van der Waals surface area contributed by atoms with Crippen LogP contribution in [-0.2, 0) is 20.2 Å². The molecule has 2 rings (SSSR count). The first-order valence-electron chi connectivity index (χ1n) is 4.81. The Morgan fingerprint density at radius 2 is 1.50 bits per heavy atom. The van der Waals surface area contributed by atoms with Crippen LogP contribution >= 0.6 is 0 Å². The summed E-state index contributed by atoms with van der Waals surface area (Å²) in [5, 5.41) is 9.37. The smallest absolute Gasteiger partial charge is 1.00 e. The van der Waals surface area contributed by atoms with E-state index in [9.17, 15) is 21.9 Å². The van der Waals surface area contributed by atoms with Gasteiger partial charge in [0, 0.05) is 5.39 Å². The first-order valence-corrected chi connectivity index (χ1v) is 7.69. The molecule has 7 nitrogen and oxygen atoms in total. The van der Waals surface area contributed by atoms with Crippen LogP contribution in [0.3, 0.4) is 0 Å². The van der Waals surface area contributed by atoms with E-state index in [2.05, 4.69) is 0 Å². The van der Waals surface area contributed by atoms with Crippen LogP contribution in [0.4, 0.5) is 0 Å². The third kappa shape index (κ3) is 3.78. The number of hydrogen-bond acceptors (Lipinski definition) is 5. The third-order valence-electron chi connectivity index (χ3n) is 2.45. The summed E-state index contributed by atoms with van der Waals surface area (Å²) in [6, 6.07) is 5.18. The number of aromatic hydroxyl groups is 1. The molecule has 10 heteroatoms. The Morgan fingerprint density at radius 1 is 0.900 bits per heavy atom. The van der Waals surface area contributed by atoms with E-state index in [-0.39, 0.29) is 69.3 Å². The molecular formula is C10H9KO7S2. The number of hydrogen-bond donors (Lipinski definition) is 3. The number of fused-ring (bicyclic) bond motifs is 1. The Bertz CT molecular complexity index is 878. The van der Waals surface area contributed by atoms with Gasteiger partial charge in [0.05, 0.1) is 4.90 Å². The molecule has 104 valence electrons. The van der Waals surface area contributed by atoms with Crippen LogP contribution in [0.5, 0.6) is 5.75 Å². The fourth-order valence-corrected chi connectivity index (χ4v) is 3.00. The molecule has 0 heterocycles. The van der Waals surface area contributed by atoms with Gasteiger partial charge in [-0.1, -0.05) is 6.07 Å². The van der Waals surface area contributed by atoms with E-state index in [0.717, 1.165) is 12.1 Å². The average Bonchev–Trinajstić information content (AvgIpc) is 2.24. The third-order valence-corrected chi connectivity index (χ3v) is 4.17. The maximum absolute atomic E-state index is 11.2. The van der Waals surface area contributed by atoms with Crippen molar-refractivity contribution in [2.45, 2.75) is 9.79 Å². The first-order chi connectivity index (χ1) is 8.59. The van der Waals surface area contributed by atoms with E-state index < -0.39 is 30.0 Å². The number of phenols is 1. The Hall–Kier alpha value is -0.0436. The summed E-state index contributed by atoms with van der Waals surface area (Å²) < 4.78 is 62.6. The van der Waals surface area contributed by atoms with Crippen LogP contribution in [0, 0.1) is 0 Å². The van der Waals surface area contributed by atoms with Crippen LogP contribution < -0.4 is 51.4 Å². The molecule has 0 bridgehead atoms. The van der Waals surface area contributed by atoms with Crippen molar-refractivity contribution in [2.24, 2.45) is 0 Å². The van der Waals surface area contributed by atoms with Crippen molar-refractivity contribution in [2.75, 3.05) is 0 Å². The van der Waals surface area contributed by atoms with E-state index in [1.54, 1.807) is 0 Å². The molecule has 0 aliphatic rings. The zero-order chi connectivity index (χ0) is 14.4. The topological polar surface area (TPSA) is 129 Å². The summed E-state index contributed by atoms with van der Waals surface area (Å²) in [5.74, 6) is -0.253. The van der Waals surface area contributed by atoms with Crippen molar-refractivity contribution in [3.8, 4) is 5.75 Å². The molecule has 0 saturated carbocycles. The van der Waals surface area contributed by atoms with Gasteiger partial charge in [-0.05, 0) is 29.7 Å². The summed E-state index contributed by atoms with van der Waals surface area (Å²) in [5.41, 5.74) is 0. The monoisotopic (exact) mass is 344 g/mol. The van der Waals surface area contributed by atoms with Crippen LogP contribution in [-0.4, -0.2) is 31.0 Å². The Labute approximate surface area is 159 Å². The van der Waals surface area contributed by atoms with Crippen LogP contribution in [0.25, 0.3) is 10.8 Å². The van der Waals surface area contributed by atoms with Crippen LogP contribution in [0.15, 0.2) is 40.1 Å². The maximum atomic E-state index is 11.2. The molecule has 0 aromatic heterocycles. The van der Waals surface area contributed by atoms with Crippen molar-refractivity contribution in [3.63, 3.8) is 0 Å². The SMILES string of the molecule is O=S(=O)(O)c1cc(S(=O)(=O)O)c2cc(O)ccc2c1.[H-].[K+]. The average molecular weight is 344 g/mol. The molecule has 0 aliphatic heterocycles. The van der Waals surface area contributed by atoms with E-state index in [4.69, 9.17) is 9.11 Å². The Kier molecular flexibility index (Phi) is 5.39. The van der Waals surface area contributed by atoms with Gasteiger partial charge in [0.1, 0.15) is 10.6 Å². The minimum atomic E-state index is -4.72. The molecule has 0 amide bonds. The van der Waals surface area contributed by atoms with Crippen LogP contribution in [0.1, 0.15) is 1.43 Å². The second-order valence-corrected chi connectivity index (χ2v) is 6.59. The summed E-state index contributed by atoms with van der Waals surface area (Å²) in [4.78, 5) is -1.38. The minimum absolute atomic E-state index is 0. The maximum Gasteiger partial charge on any atom is 1.00 e. The van der Waals surface area contributed by atoms with Gasteiger partial charge in [-0.15, -0.1) is 0 Å². The molecule has 0 atom stereocenters. The van der Waals surface area contributed by atoms with Gasteiger partial charge in [-0.25, -0.2) is 0 Å². The molecule has 0 fully saturated rings. The van der Waals surface area contributed by atoms with Crippen molar-refractivity contribution in [1.29, 1.82) is 0 Å². The van der Waals surface area contributed by atoms with E-state index >= 15 is 0 Å². The number of phenolic OH excluding ortho intramolecular Hbond substituents is 1. The molecular weight excluding hydrogens is 335 g/mol. The predicted molar refractivity (Wildman–Crippen MR) is 66.4 cm³/mol. The summed E-state index contributed by atoms with van der Waals surface area (Å²) >= 11 is 0. The van der Waals surface area contributed by atoms with Gasteiger partial charge in [0.25, 0.3) is 20.2 Å². The molecule has 2 aromatic carbocycles. The van der Waals surface area contributed by atoms with Gasteiger partial charge in [-0.3, -0.25) is 9.11 Å². The Morgan fingerprint density at radius 3 is 2.00 bits per heavy atom. The minimum Gasteiger partial charge on any atom is -1.00 e. The zero-order valence-electron chi connectivity index (χ0n) is 11.2. The van der Waals surface area contributed by atoms with Gasteiger partial charge < -0.3 is 6.53 Å². The second kappa shape index (κ2) is 5.99. The second-order valence-electron chi connectivity index (χ2n) is 3.78. The van der Waals surface area contributed by atoms with Gasteiger partial charge in [0.15, 0.2) is 0 Å². The van der Waals surface area contributed by atoms with Crippen molar-refractivity contribution >= 4 is 31.0 Å². The predicted octanol–water partition coefficient (Wildman–Crippen LogP) is -1.84. The quantitative estimate of drug-likeness (QED) is 0.431. The molecule has 0 aliphatic carbocycles. The normalized spacial score (nSPS) is 12.1. The summed E-state index contributed by atoms with van der Waals surface area (Å²) in [6.45, 7) is 0. The largest absolute Gasteiger partial charge is 1.00 e. The van der Waals surface area contributed by atoms with Gasteiger partial charge in [0.2, 0.25) is 0 Å². The molecule has 0 saturated heterocycles. The number of rotatable bonds is 2. The number of benzene rings is 2. The van der Waals surface area contributed by atoms with Crippen molar-refractivity contribution in [1.82, 2.24) is 0 Å². The van der Waals surface area contributed by atoms with E-state index in [0.29, 0.717) is 6.07 Å². The van der Waals surface area contributed by atoms with E-state index in [1.807, 2.05) is 0 Å². The molecule has 3 N–H and O–H groups in total.